The fourth-order valence-corrected chi connectivity index (χ4v) is 3.25. The first kappa shape index (κ1) is 20.6. The number of rotatable bonds is 4. The maximum Gasteiger partial charge on any atom is 0.437 e. The third-order valence-corrected chi connectivity index (χ3v) is 4.67. The molecule has 2 aromatic carbocycles. The Balaban J connectivity index is 2.16. The van der Waals surface area contributed by atoms with Crippen LogP contribution in [0.5, 0.6) is 5.75 Å². The second-order valence-corrected chi connectivity index (χ2v) is 6.47. The van der Waals surface area contributed by atoms with Gasteiger partial charge in [0.2, 0.25) is 5.72 Å². The number of amides is 2. The summed E-state index contributed by atoms with van der Waals surface area (Å²) >= 11 is 0. The Bertz CT molecular complexity index is 933. The van der Waals surface area contributed by atoms with Gasteiger partial charge >= 0.3 is 12.2 Å². The van der Waals surface area contributed by atoms with Crippen LogP contribution >= 0.6 is 0 Å². The molecular weight excluding hydrogens is 396 g/mol. The smallest absolute Gasteiger partial charge is 0.437 e. The number of carbonyl (C=O) groups is 2. The summed E-state index contributed by atoms with van der Waals surface area (Å²) in [6.45, 7) is 0. The van der Waals surface area contributed by atoms with Crippen molar-refractivity contribution in [1.29, 1.82) is 0 Å². The Morgan fingerprint density at radius 3 is 2.41 bits per heavy atom. The lowest BCUT2D eigenvalue weighted by molar-refractivity contribution is -0.287. The highest BCUT2D eigenvalue weighted by atomic mass is 19.4. The lowest BCUT2D eigenvalue weighted by Crippen LogP contribution is -2.72. The monoisotopic (exact) mass is 412 g/mol. The van der Waals surface area contributed by atoms with E-state index in [1.165, 1.54) is 36.7 Å². The van der Waals surface area contributed by atoms with Crippen LogP contribution in [0.2, 0.25) is 0 Å². The summed E-state index contributed by atoms with van der Waals surface area (Å²) in [7, 11) is 1.34. The maximum absolute atomic E-state index is 13.8. The minimum absolute atomic E-state index is 0.113. The minimum Gasteiger partial charge on any atom is -0.497 e. The number of ketones is 1. The molecule has 1 aliphatic heterocycles. The summed E-state index contributed by atoms with van der Waals surface area (Å²) in [5.74, 6) is -3.74. The van der Waals surface area contributed by atoms with Crippen molar-refractivity contribution in [2.45, 2.75) is 17.9 Å². The molecule has 0 aromatic heterocycles. The van der Waals surface area contributed by atoms with Gasteiger partial charge in [-0.2, -0.15) is 13.2 Å². The standard InChI is InChI=1S/C19H16F4N2O4/c1-29-13-4-2-3-11(9-13)15-14(16(26)10-5-7-12(20)8-6-10)18(28,19(21,22)23)25-17(27)24-15/h2-9,14-15,28H,1H3,(H2,24,25,27)/t14-,15+,18-/m1/s1. The molecule has 154 valence electrons. The van der Waals surface area contributed by atoms with Crippen molar-refractivity contribution in [2.24, 2.45) is 5.92 Å². The predicted octanol–water partition coefficient (Wildman–Crippen LogP) is 2.94. The molecule has 1 aliphatic rings. The first-order valence-corrected chi connectivity index (χ1v) is 8.38. The molecule has 1 fully saturated rings. The summed E-state index contributed by atoms with van der Waals surface area (Å²) in [6.07, 6.45) is -5.37. The molecule has 29 heavy (non-hydrogen) atoms. The number of benzene rings is 2. The van der Waals surface area contributed by atoms with Crippen LogP contribution < -0.4 is 15.4 Å². The summed E-state index contributed by atoms with van der Waals surface area (Å²) < 4.78 is 59.6. The molecule has 0 spiro atoms. The summed E-state index contributed by atoms with van der Waals surface area (Å²) in [4.78, 5) is 25.0. The molecule has 3 atom stereocenters. The lowest BCUT2D eigenvalue weighted by atomic mass is 9.77. The van der Waals surface area contributed by atoms with Crippen molar-refractivity contribution in [2.75, 3.05) is 7.11 Å². The van der Waals surface area contributed by atoms with Gasteiger partial charge in [0.05, 0.1) is 13.2 Å². The zero-order chi connectivity index (χ0) is 21.4. The number of carbonyl (C=O) groups excluding carboxylic acids is 2. The number of alkyl halides is 3. The van der Waals surface area contributed by atoms with E-state index in [1.807, 2.05) is 0 Å². The van der Waals surface area contributed by atoms with Crippen LogP contribution in [-0.2, 0) is 0 Å². The van der Waals surface area contributed by atoms with Gasteiger partial charge in [0, 0.05) is 5.56 Å². The Kier molecular flexibility index (Phi) is 5.22. The van der Waals surface area contributed by atoms with Crippen molar-refractivity contribution in [3.63, 3.8) is 0 Å². The molecule has 0 unspecified atom stereocenters. The van der Waals surface area contributed by atoms with Crippen LogP contribution in [0.3, 0.4) is 0 Å². The summed E-state index contributed by atoms with van der Waals surface area (Å²) in [5.41, 5.74) is -4.00. The molecule has 1 saturated heterocycles. The van der Waals surface area contributed by atoms with Crippen LogP contribution in [0.25, 0.3) is 0 Å². The molecule has 1 heterocycles. The molecule has 0 bridgehead atoms. The van der Waals surface area contributed by atoms with Gasteiger partial charge in [-0.15, -0.1) is 0 Å². The molecule has 2 aromatic rings. The van der Waals surface area contributed by atoms with Gasteiger partial charge in [0.1, 0.15) is 17.5 Å². The second kappa shape index (κ2) is 7.36. The Morgan fingerprint density at radius 1 is 1.17 bits per heavy atom. The van der Waals surface area contributed by atoms with E-state index >= 15 is 0 Å². The van der Waals surface area contributed by atoms with Crippen LogP contribution in [0.15, 0.2) is 48.5 Å². The maximum atomic E-state index is 13.8. The number of nitrogens with one attached hydrogen (secondary N) is 2. The van der Waals surface area contributed by atoms with E-state index in [-0.39, 0.29) is 16.9 Å². The third kappa shape index (κ3) is 3.75. The van der Waals surface area contributed by atoms with Crippen molar-refractivity contribution in [1.82, 2.24) is 10.6 Å². The Labute approximate surface area is 162 Å². The molecule has 0 radical (unpaired) electrons. The molecule has 3 N–H and O–H groups in total. The highest BCUT2D eigenvalue weighted by molar-refractivity contribution is 6.00. The largest absolute Gasteiger partial charge is 0.497 e. The van der Waals surface area contributed by atoms with E-state index in [2.05, 4.69) is 5.32 Å². The number of aliphatic hydroxyl groups is 1. The van der Waals surface area contributed by atoms with Gasteiger partial charge in [-0.25, -0.2) is 9.18 Å². The van der Waals surface area contributed by atoms with Gasteiger partial charge in [-0.1, -0.05) is 12.1 Å². The second-order valence-electron chi connectivity index (χ2n) is 6.47. The Morgan fingerprint density at radius 2 is 1.83 bits per heavy atom. The number of hydrogen-bond donors (Lipinski definition) is 3. The van der Waals surface area contributed by atoms with E-state index in [1.54, 1.807) is 0 Å². The quantitative estimate of drug-likeness (QED) is 0.532. The van der Waals surface area contributed by atoms with Gasteiger partial charge < -0.3 is 20.5 Å². The molecule has 3 rings (SSSR count). The summed E-state index contributed by atoms with van der Waals surface area (Å²) in [5, 5.41) is 14.1. The highest BCUT2D eigenvalue weighted by Crippen LogP contribution is 2.44. The van der Waals surface area contributed by atoms with E-state index in [0.29, 0.717) is 0 Å². The normalized spacial score (nSPS) is 24.4. The van der Waals surface area contributed by atoms with Gasteiger partial charge in [-0.3, -0.25) is 4.79 Å². The topological polar surface area (TPSA) is 87.7 Å². The number of methoxy groups -OCH3 is 1. The highest BCUT2D eigenvalue weighted by Gasteiger charge is 2.66. The fraction of sp³-hybridized carbons (Fsp3) is 0.263. The van der Waals surface area contributed by atoms with Crippen LogP contribution in [-0.4, -0.2) is 35.9 Å². The SMILES string of the molecule is COc1cccc([C@@H]2NC(=O)N[C@](O)(C(F)(F)F)[C@H]2C(=O)c2ccc(F)cc2)c1. The first-order chi connectivity index (χ1) is 13.6. The Hall–Kier alpha value is -3.14. The van der Waals surface area contributed by atoms with Crippen LogP contribution in [0.1, 0.15) is 22.0 Å². The number of hydrogen-bond acceptors (Lipinski definition) is 4. The van der Waals surface area contributed by atoms with E-state index < -0.39 is 41.5 Å². The number of urea groups is 1. The molecule has 2 amide bonds. The molecule has 10 heteroatoms. The van der Waals surface area contributed by atoms with E-state index in [4.69, 9.17) is 4.74 Å². The average Bonchev–Trinajstić information content (AvgIpc) is 2.66. The number of halogens is 4. The molecule has 0 aliphatic carbocycles. The van der Waals surface area contributed by atoms with E-state index in [9.17, 15) is 32.3 Å². The zero-order valence-electron chi connectivity index (χ0n) is 15.0. The van der Waals surface area contributed by atoms with Gasteiger partial charge in [-0.05, 0) is 42.0 Å². The summed E-state index contributed by atoms with van der Waals surface area (Å²) in [6, 6.07) is 6.72. The third-order valence-electron chi connectivity index (χ3n) is 4.67. The number of ether oxygens (including phenoxy) is 1. The predicted molar refractivity (Wildman–Crippen MR) is 92.6 cm³/mol. The van der Waals surface area contributed by atoms with E-state index in [0.717, 1.165) is 24.3 Å². The molecular formula is C19H16F4N2O4. The van der Waals surface area contributed by atoms with Gasteiger partial charge in [0.15, 0.2) is 5.78 Å². The van der Waals surface area contributed by atoms with Crippen molar-refractivity contribution >= 4 is 11.8 Å². The first-order valence-electron chi connectivity index (χ1n) is 8.38. The fourth-order valence-electron chi connectivity index (χ4n) is 3.25. The van der Waals surface area contributed by atoms with Crippen LogP contribution in [0.4, 0.5) is 22.4 Å². The molecule has 0 saturated carbocycles. The van der Waals surface area contributed by atoms with Gasteiger partial charge in [0.25, 0.3) is 0 Å². The lowest BCUT2D eigenvalue weighted by Gasteiger charge is -2.45. The average molecular weight is 412 g/mol. The number of Topliss-reactive ketones (excluding diaryl/α,β-unsaturated/α-hetero) is 1. The van der Waals surface area contributed by atoms with Crippen molar-refractivity contribution in [3.05, 3.63) is 65.5 Å². The zero-order valence-corrected chi connectivity index (χ0v) is 15.0. The molecule has 6 nitrogen and oxygen atoms in total. The van der Waals surface area contributed by atoms with Crippen molar-refractivity contribution < 1.29 is 37.0 Å². The minimum atomic E-state index is -5.37. The van der Waals surface area contributed by atoms with Crippen LogP contribution in [0, 0.1) is 11.7 Å². The van der Waals surface area contributed by atoms with Crippen molar-refractivity contribution in [3.8, 4) is 5.75 Å².